The first-order valence-electron chi connectivity index (χ1n) is 6.60. The van der Waals surface area contributed by atoms with Gasteiger partial charge in [0.1, 0.15) is 0 Å². The molecule has 0 saturated heterocycles. The first-order chi connectivity index (χ1) is 10.1. The van der Waals surface area contributed by atoms with Gasteiger partial charge in [0.05, 0.1) is 6.54 Å². The van der Waals surface area contributed by atoms with Crippen molar-refractivity contribution in [2.45, 2.75) is 13.5 Å². The molecule has 0 aliphatic heterocycles. The van der Waals surface area contributed by atoms with E-state index in [1.54, 1.807) is 16.8 Å². The van der Waals surface area contributed by atoms with E-state index < -0.39 is 0 Å². The van der Waals surface area contributed by atoms with E-state index in [1.807, 2.05) is 6.07 Å². The summed E-state index contributed by atoms with van der Waals surface area (Å²) in [6.45, 7) is 2.65. The highest BCUT2D eigenvalue weighted by Gasteiger charge is 2.12. The summed E-state index contributed by atoms with van der Waals surface area (Å²) in [5.74, 6) is 0.632. The highest BCUT2D eigenvalue weighted by atomic mass is 15.5. The Balaban J connectivity index is 1.95. The fraction of sp³-hybridized carbons (Fsp3) is 0.133. The van der Waals surface area contributed by atoms with Crippen molar-refractivity contribution in [1.29, 1.82) is 0 Å². The topological polar surface area (TPSA) is 95.6 Å². The minimum Gasteiger partial charge on any atom is -0.399 e. The highest BCUT2D eigenvalue weighted by molar-refractivity contribution is 5.74. The highest BCUT2D eigenvalue weighted by Crippen LogP contribution is 2.25. The molecule has 0 bridgehead atoms. The lowest BCUT2D eigenvalue weighted by Gasteiger charge is -2.08. The van der Waals surface area contributed by atoms with Crippen LogP contribution in [0, 0.1) is 6.92 Å². The van der Waals surface area contributed by atoms with Gasteiger partial charge in [-0.25, -0.2) is 4.68 Å². The summed E-state index contributed by atoms with van der Waals surface area (Å²) >= 11 is 0. The summed E-state index contributed by atoms with van der Waals surface area (Å²) in [7, 11) is 0. The molecule has 0 saturated carbocycles. The van der Waals surface area contributed by atoms with E-state index in [2.05, 4.69) is 46.7 Å². The van der Waals surface area contributed by atoms with Crippen LogP contribution in [0.2, 0.25) is 0 Å². The van der Waals surface area contributed by atoms with Crippen LogP contribution in [0.1, 0.15) is 11.1 Å². The Bertz CT molecular complexity index is 760. The van der Waals surface area contributed by atoms with E-state index in [1.165, 1.54) is 5.56 Å². The maximum atomic E-state index is 6.01. The largest absolute Gasteiger partial charge is 0.399 e. The molecule has 0 radical (unpaired) electrons. The van der Waals surface area contributed by atoms with Gasteiger partial charge in [0.15, 0.2) is 5.82 Å². The summed E-state index contributed by atoms with van der Waals surface area (Å²) in [4.78, 5) is 0. The third-order valence-corrected chi connectivity index (χ3v) is 3.30. The molecular formula is C15H16N6. The van der Waals surface area contributed by atoms with Crippen LogP contribution in [-0.4, -0.2) is 20.2 Å². The smallest absolute Gasteiger partial charge is 0.184 e. The second-order valence-electron chi connectivity index (χ2n) is 4.99. The fourth-order valence-electron chi connectivity index (χ4n) is 2.16. The second-order valence-corrected chi connectivity index (χ2v) is 4.99. The molecule has 1 aromatic heterocycles. The molecule has 4 N–H and O–H groups in total. The third kappa shape index (κ3) is 2.69. The molecule has 0 atom stereocenters. The van der Waals surface area contributed by atoms with Crippen molar-refractivity contribution < 1.29 is 0 Å². The van der Waals surface area contributed by atoms with Crippen molar-refractivity contribution in [2.75, 3.05) is 11.5 Å². The molecule has 106 valence electrons. The molecule has 0 fully saturated rings. The molecule has 0 unspecified atom stereocenters. The molecule has 3 rings (SSSR count). The number of aromatic nitrogens is 4. The van der Waals surface area contributed by atoms with Crippen LogP contribution in [-0.2, 0) is 6.54 Å². The van der Waals surface area contributed by atoms with Gasteiger partial charge >= 0.3 is 0 Å². The number of nitrogens with zero attached hydrogens (tertiary/aromatic N) is 4. The van der Waals surface area contributed by atoms with Gasteiger partial charge in [-0.15, -0.1) is 5.10 Å². The molecule has 0 aliphatic rings. The van der Waals surface area contributed by atoms with E-state index >= 15 is 0 Å². The zero-order chi connectivity index (χ0) is 14.8. The molecule has 0 spiro atoms. The van der Waals surface area contributed by atoms with Crippen molar-refractivity contribution in [2.24, 2.45) is 0 Å². The average Bonchev–Trinajstić information content (AvgIpc) is 2.89. The minimum atomic E-state index is 0.565. The lowest BCUT2D eigenvalue weighted by molar-refractivity contribution is 0.653. The van der Waals surface area contributed by atoms with Crippen LogP contribution in [0.5, 0.6) is 0 Å². The number of benzene rings is 2. The maximum absolute atomic E-state index is 6.01. The molecule has 1 heterocycles. The van der Waals surface area contributed by atoms with Gasteiger partial charge < -0.3 is 11.5 Å². The number of rotatable bonds is 3. The Morgan fingerprint density at radius 2 is 1.81 bits per heavy atom. The monoisotopic (exact) mass is 280 g/mol. The molecular weight excluding hydrogens is 264 g/mol. The fourth-order valence-corrected chi connectivity index (χ4v) is 2.16. The average molecular weight is 280 g/mol. The van der Waals surface area contributed by atoms with Crippen molar-refractivity contribution in [3.63, 3.8) is 0 Å². The number of anilines is 2. The van der Waals surface area contributed by atoms with Crippen molar-refractivity contribution >= 4 is 11.4 Å². The first-order valence-corrected chi connectivity index (χ1v) is 6.60. The van der Waals surface area contributed by atoms with Gasteiger partial charge in [0.25, 0.3) is 0 Å². The number of nitrogens with two attached hydrogens (primary N) is 2. The lowest BCUT2D eigenvalue weighted by Crippen LogP contribution is -2.05. The molecule has 6 nitrogen and oxygen atoms in total. The van der Waals surface area contributed by atoms with E-state index in [4.69, 9.17) is 11.5 Å². The van der Waals surface area contributed by atoms with E-state index in [0.29, 0.717) is 23.7 Å². The predicted octanol–water partition coefficient (Wildman–Crippen LogP) is 1.86. The van der Waals surface area contributed by atoms with Gasteiger partial charge in [0.2, 0.25) is 0 Å². The standard InChI is InChI=1S/C15H16N6/c1-10-2-4-11(5-3-10)9-21-15(18-19-20-21)13-7-6-12(16)8-14(13)17/h2-8H,9,16-17H2,1H3. The maximum Gasteiger partial charge on any atom is 0.184 e. The van der Waals surface area contributed by atoms with Crippen molar-refractivity contribution in [3.8, 4) is 11.4 Å². The van der Waals surface area contributed by atoms with Gasteiger partial charge in [-0.2, -0.15) is 0 Å². The predicted molar refractivity (Wildman–Crippen MR) is 82.4 cm³/mol. The zero-order valence-electron chi connectivity index (χ0n) is 11.7. The molecule has 3 aromatic rings. The zero-order valence-corrected chi connectivity index (χ0v) is 11.7. The van der Waals surface area contributed by atoms with E-state index in [9.17, 15) is 0 Å². The number of hydrogen-bond acceptors (Lipinski definition) is 5. The third-order valence-electron chi connectivity index (χ3n) is 3.30. The SMILES string of the molecule is Cc1ccc(Cn2nnnc2-c2ccc(N)cc2N)cc1. The van der Waals surface area contributed by atoms with Crippen molar-refractivity contribution in [3.05, 3.63) is 53.6 Å². The van der Waals surface area contributed by atoms with Crippen LogP contribution in [0.4, 0.5) is 11.4 Å². The Labute approximate surface area is 122 Å². The van der Waals surface area contributed by atoms with Gasteiger partial charge in [-0.1, -0.05) is 29.8 Å². The Morgan fingerprint density at radius 1 is 1.05 bits per heavy atom. The van der Waals surface area contributed by atoms with E-state index in [-0.39, 0.29) is 0 Å². The lowest BCUT2D eigenvalue weighted by atomic mass is 10.1. The summed E-state index contributed by atoms with van der Waals surface area (Å²) in [6.07, 6.45) is 0. The number of nitrogen functional groups attached to an aromatic ring is 2. The number of aryl methyl sites for hydroxylation is 1. The molecule has 0 aliphatic carbocycles. The Kier molecular flexibility index (Phi) is 3.27. The van der Waals surface area contributed by atoms with Gasteiger partial charge in [-0.3, -0.25) is 0 Å². The normalized spacial score (nSPS) is 10.7. The quantitative estimate of drug-likeness (QED) is 0.714. The van der Waals surface area contributed by atoms with Crippen LogP contribution >= 0.6 is 0 Å². The molecule has 0 amide bonds. The summed E-state index contributed by atoms with van der Waals surface area (Å²) in [6, 6.07) is 13.6. The van der Waals surface area contributed by atoms with Gasteiger partial charge in [-0.05, 0) is 41.1 Å². The summed E-state index contributed by atoms with van der Waals surface area (Å²) in [5.41, 5.74) is 16.0. The first kappa shape index (κ1) is 13.1. The van der Waals surface area contributed by atoms with Crippen LogP contribution in [0.3, 0.4) is 0 Å². The Morgan fingerprint density at radius 3 is 2.52 bits per heavy atom. The van der Waals surface area contributed by atoms with Crippen LogP contribution in [0.25, 0.3) is 11.4 Å². The molecule has 2 aromatic carbocycles. The van der Waals surface area contributed by atoms with E-state index in [0.717, 1.165) is 11.1 Å². The van der Waals surface area contributed by atoms with Crippen LogP contribution in [0.15, 0.2) is 42.5 Å². The number of tetrazole rings is 1. The minimum absolute atomic E-state index is 0.565. The summed E-state index contributed by atoms with van der Waals surface area (Å²) < 4.78 is 1.73. The van der Waals surface area contributed by atoms with Crippen LogP contribution < -0.4 is 11.5 Å². The summed E-state index contributed by atoms with van der Waals surface area (Å²) in [5, 5.41) is 11.9. The Hall–Kier alpha value is -2.89. The van der Waals surface area contributed by atoms with Gasteiger partial charge in [0, 0.05) is 16.9 Å². The second kappa shape index (κ2) is 5.24. The van der Waals surface area contributed by atoms with Crippen molar-refractivity contribution in [1.82, 2.24) is 20.2 Å². The molecule has 6 heteroatoms. The number of hydrogen-bond donors (Lipinski definition) is 2. The molecule has 21 heavy (non-hydrogen) atoms.